The minimum Gasteiger partial charge on any atom is -0.377 e. The van der Waals surface area contributed by atoms with Gasteiger partial charge in [0.1, 0.15) is 0 Å². The smallest absolute Gasteiger partial charge is 0.0833 e. The molecule has 1 fully saturated rings. The number of nitrogens with zero attached hydrogens (tertiary/aromatic N) is 1. The van der Waals surface area contributed by atoms with E-state index in [0.29, 0.717) is 0 Å². The SMILES string of the molecule is COC1(C)CCCCC1(C)C#N. The molecule has 68 valence electrons. The standard InChI is InChI=1S/C10H17NO/c1-9(8-11)6-4-5-7-10(9,2)12-3/h4-7H2,1-3H3. The van der Waals surface area contributed by atoms with Crippen LogP contribution in [0.2, 0.25) is 0 Å². The van der Waals surface area contributed by atoms with E-state index in [-0.39, 0.29) is 11.0 Å². The van der Waals surface area contributed by atoms with E-state index < -0.39 is 0 Å². The molecule has 2 nitrogen and oxygen atoms in total. The molecule has 0 aromatic carbocycles. The molecule has 0 aliphatic heterocycles. The van der Waals surface area contributed by atoms with Crippen LogP contribution in [0.3, 0.4) is 0 Å². The van der Waals surface area contributed by atoms with Crippen molar-refractivity contribution >= 4 is 0 Å². The van der Waals surface area contributed by atoms with Gasteiger partial charge in [0, 0.05) is 7.11 Å². The van der Waals surface area contributed by atoms with Crippen LogP contribution >= 0.6 is 0 Å². The minimum atomic E-state index is -0.292. The van der Waals surface area contributed by atoms with Gasteiger partial charge in [0.2, 0.25) is 0 Å². The van der Waals surface area contributed by atoms with Gasteiger partial charge in [-0.1, -0.05) is 12.8 Å². The molecule has 2 unspecified atom stereocenters. The van der Waals surface area contributed by atoms with Crippen molar-refractivity contribution in [3.8, 4) is 6.07 Å². The van der Waals surface area contributed by atoms with Crippen molar-refractivity contribution in [1.82, 2.24) is 0 Å². The lowest BCUT2D eigenvalue weighted by molar-refractivity contribution is -0.0933. The van der Waals surface area contributed by atoms with E-state index in [1.165, 1.54) is 6.42 Å². The van der Waals surface area contributed by atoms with E-state index in [0.717, 1.165) is 19.3 Å². The van der Waals surface area contributed by atoms with E-state index in [4.69, 9.17) is 10.00 Å². The lowest BCUT2D eigenvalue weighted by Gasteiger charge is -2.44. The average molecular weight is 167 g/mol. The molecular weight excluding hydrogens is 150 g/mol. The summed E-state index contributed by atoms with van der Waals surface area (Å²) in [6.45, 7) is 4.06. The van der Waals surface area contributed by atoms with E-state index in [9.17, 15) is 0 Å². The van der Waals surface area contributed by atoms with Gasteiger partial charge in [-0.2, -0.15) is 5.26 Å². The van der Waals surface area contributed by atoms with Crippen molar-refractivity contribution in [3.05, 3.63) is 0 Å². The maximum atomic E-state index is 9.09. The summed E-state index contributed by atoms with van der Waals surface area (Å²) in [5, 5.41) is 9.09. The molecule has 0 radical (unpaired) electrons. The van der Waals surface area contributed by atoms with Crippen LogP contribution in [-0.4, -0.2) is 12.7 Å². The Morgan fingerprint density at radius 2 is 1.83 bits per heavy atom. The first-order chi connectivity index (χ1) is 5.58. The van der Waals surface area contributed by atoms with Gasteiger partial charge >= 0.3 is 0 Å². The highest BCUT2D eigenvalue weighted by molar-refractivity contribution is 5.09. The molecule has 0 aromatic heterocycles. The third-order valence-electron chi connectivity index (χ3n) is 3.45. The largest absolute Gasteiger partial charge is 0.377 e. The molecule has 0 bridgehead atoms. The molecule has 0 amide bonds. The predicted octanol–water partition coefficient (Wildman–Crippen LogP) is 2.50. The predicted molar refractivity (Wildman–Crippen MR) is 47.6 cm³/mol. The summed E-state index contributed by atoms with van der Waals surface area (Å²) >= 11 is 0. The van der Waals surface area contributed by atoms with Gasteiger partial charge in [0.15, 0.2) is 0 Å². The molecular formula is C10H17NO. The number of hydrogen-bond donors (Lipinski definition) is 0. The first-order valence-electron chi connectivity index (χ1n) is 4.54. The average Bonchev–Trinajstić information content (AvgIpc) is 2.10. The van der Waals surface area contributed by atoms with Gasteiger partial charge in [0.05, 0.1) is 17.1 Å². The van der Waals surface area contributed by atoms with E-state index in [1.807, 2.05) is 6.92 Å². The lowest BCUT2D eigenvalue weighted by Crippen LogP contribution is -2.47. The first-order valence-corrected chi connectivity index (χ1v) is 4.54. The van der Waals surface area contributed by atoms with Crippen LogP contribution in [0.1, 0.15) is 39.5 Å². The summed E-state index contributed by atoms with van der Waals surface area (Å²) in [5.74, 6) is 0. The molecule has 2 atom stereocenters. The normalized spacial score (nSPS) is 42.2. The van der Waals surface area contributed by atoms with Crippen molar-refractivity contribution in [2.75, 3.05) is 7.11 Å². The Labute approximate surface area is 74.5 Å². The number of rotatable bonds is 1. The monoisotopic (exact) mass is 167 g/mol. The summed E-state index contributed by atoms with van der Waals surface area (Å²) in [6, 6.07) is 2.40. The quantitative estimate of drug-likeness (QED) is 0.601. The summed E-state index contributed by atoms with van der Waals surface area (Å²) in [6.07, 6.45) is 4.31. The molecule has 2 heteroatoms. The fraction of sp³-hybridized carbons (Fsp3) is 0.900. The molecule has 12 heavy (non-hydrogen) atoms. The molecule has 0 saturated heterocycles. The number of methoxy groups -OCH3 is 1. The topological polar surface area (TPSA) is 33.0 Å². The second-order valence-corrected chi connectivity index (χ2v) is 4.09. The van der Waals surface area contributed by atoms with Crippen LogP contribution in [0.4, 0.5) is 0 Å². The number of nitriles is 1. The van der Waals surface area contributed by atoms with Crippen LogP contribution in [0.5, 0.6) is 0 Å². The lowest BCUT2D eigenvalue weighted by atomic mass is 9.66. The maximum absolute atomic E-state index is 9.09. The first kappa shape index (κ1) is 9.54. The van der Waals surface area contributed by atoms with Crippen molar-refractivity contribution in [1.29, 1.82) is 5.26 Å². The zero-order chi connectivity index (χ0) is 9.24. The van der Waals surface area contributed by atoms with Gasteiger partial charge in [-0.15, -0.1) is 0 Å². The van der Waals surface area contributed by atoms with Crippen LogP contribution in [0.15, 0.2) is 0 Å². The Morgan fingerprint density at radius 1 is 1.25 bits per heavy atom. The van der Waals surface area contributed by atoms with Crippen molar-refractivity contribution in [2.45, 2.75) is 45.1 Å². The van der Waals surface area contributed by atoms with E-state index in [2.05, 4.69) is 13.0 Å². The highest BCUT2D eigenvalue weighted by Crippen LogP contribution is 2.45. The summed E-state index contributed by atoms with van der Waals surface area (Å²) in [5.41, 5.74) is -0.528. The molecule has 0 N–H and O–H groups in total. The van der Waals surface area contributed by atoms with E-state index in [1.54, 1.807) is 7.11 Å². The second kappa shape index (κ2) is 3.06. The highest BCUT2D eigenvalue weighted by Gasteiger charge is 2.46. The van der Waals surface area contributed by atoms with Crippen molar-refractivity contribution < 1.29 is 4.74 Å². The number of ether oxygens (including phenoxy) is 1. The minimum absolute atomic E-state index is 0.236. The van der Waals surface area contributed by atoms with Crippen LogP contribution in [0, 0.1) is 16.7 Å². The molecule has 0 spiro atoms. The maximum Gasteiger partial charge on any atom is 0.0833 e. The molecule has 1 aliphatic rings. The summed E-state index contributed by atoms with van der Waals surface area (Å²) < 4.78 is 5.46. The summed E-state index contributed by atoms with van der Waals surface area (Å²) in [7, 11) is 1.71. The molecule has 1 aliphatic carbocycles. The van der Waals surface area contributed by atoms with Gasteiger partial charge in [-0.3, -0.25) is 0 Å². The van der Waals surface area contributed by atoms with Crippen molar-refractivity contribution in [2.24, 2.45) is 5.41 Å². The number of hydrogen-bond acceptors (Lipinski definition) is 2. The van der Waals surface area contributed by atoms with Crippen LogP contribution in [0.25, 0.3) is 0 Å². The third-order valence-corrected chi connectivity index (χ3v) is 3.45. The third kappa shape index (κ3) is 1.23. The second-order valence-electron chi connectivity index (χ2n) is 4.09. The molecule has 0 heterocycles. The fourth-order valence-electron chi connectivity index (χ4n) is 1.98. The van der Waals surface area contributed by atoms with Gasteiger partial charge in [-0.05, 0) is 26.7 Å². The van der Waals surface area contributed by atoms with Gasteiger partial charge in [-0.25, -0.2) is 0 Å². The Bertz CT molecular complexity index is 208. The van der Waals surface area contributed by atoms with Crippen LogP contribution < -0.4 is 0 Å². The van der Waals surface area contributed by atoms with Crippen LogP contribution in [-0.2, 0) is 4.74 Å². The van der Waals surface area contributed by atoms with Gasteiger partial charge < -0.3 is 4.74 Å². The highest BCUT2D eigenvalue weighted by atomic mass is 16.5. The molecule has 0 aromatic rings. The molecule has 1 saturated carbocycles. The summed E-state index contributed by atoms with van der Waals surface area (Å²) in [4.78, 5) is 0. The Kier molecular flexibility index (Phi) is 2.44. The zero-order valence-electron chi connectivity index (χ0n) is 8.18. The van der Waals surface area contributed by atoms with Crippen molar-refractivity contribution in [3.63, 3.8) is 0 Å². The van der Waals surface area contributed by atoms with E-state index >= 15 is 0 Å². The molecule has 1 rings (SSSR count). The Balaban J connectivity index is 2.89. The Morgan fingerprint density at radius 3 is 2.25 bits per heavy atom. The zero-order valence-corrected chi connectivity index (χ0v) is 8.18. The van der Waals surface area contributed by atoms with Gasteiger partial charge in [0.25, 0.3) is 0 Å². The fourth-order valence-corrected chi connectivity index (χ4v) is 1.98. The Hall–Kier alpha value is -0.550.